The molecular formula is C19H31N3O3. The topological polar surface area (TPSA) is 53.1 Å². The molecule has 2 aliphatic heterocycles. The molecule has 2 aliphatic carbocycles. The number of carbonyl (C=O) groups is 2. The molecule has 0 aromatic heterocycles. The first-order valence-corrected chi connectivity index (χ1v) is 9.87. The molecule has 140 valence electrons. The summed E-state index contributed by atoms with van der Waals surface area (Å²) in [4.78, 5) is 30.7. The number of amides is 2. The lowest BCUT2D eigenvalue weighted by atomic mass is 9.64. The summed E-state index contributed by atoms with van der Waals surface area (Å²) < 4.78 is 4.86. The lowest BCUT2D eigenvalue weighted by Gasteiger charge is -2.49. The Bertz CT molecular complexity index is 544. The van der Waals surface area contributed by atoms with Crippen LogP contribution in [0.3, 0.4) is 0 Å². The van der Waals surface area contributed by atoms with Gasteiger partial charge < -0.3 is 14.5 Å². The monoisotopic (exact) mass is 349 g/mol. The van der Waals surface area contributed by atoms with Gasteiger partial charge in [-0.2, -0.15) is 0 Å². The first-order valence-electron chi connectivity index (χ1n) is 9.87. The van der Waals surface area contributed by atoms with E-state index in [-0.39, 0.29) is 6.09 Å². The molecular weight excluding hydrogens is 318 g/mol. The van der Waals surface area contributed by atoms with E-state index in [4.69, 9.17) is 4.74 Å². The minimum atomic E-state index is -0.180. The van der Waals surface area contributed by atoms with Crippen LogP contribution in [-0.2, 0) is 9.53 Å². The minimum absolute atomic E-state index is 0.180. The highest BCUT2D eigenvalue weighted by Gasteiger charge is 2.62. The van der Waals surface area contributed by atoms with Gasteiger partial charge in [0.05, 0.1) is 7.11 Å². The summed E-state index contributed by atoms with van der Waals surface area (Å²) in [5.41, 5.74) is 0.335. The van der Waals surface area contributed by atoms with Crippen molar-refractivity contribution in [1.29, 1.82) is 0 Å². The molecule has 4 fully saturated rings. The van der Waals surface area contributed by atoms with Crippen LogP contribution < -0.4 is 0 Å². The molecule has 2 saturated heterocycles. The summed E-state index contributed by atoms with van der Waals surface area (Å²) in [5.74, 6) is 1.88. The predicted octanol–water partition coefficient (Wildman–Crippen LogP) is 1.65. The van der Waals surface area contributed by atoms with Crippen LogP contribution in [0.5, 0.6) is 0 Å². The van der Waals surface area contributed by atoms with Crippen molar-refractivity contribution in [3.8, 4) is 0 Å². The van der Waals surface area contributed by atoms with Gasteiger partial charge in [0.1, 0.15) is 0 Å². The maximum atomic E-state index is 12.5. The Kier molecular flexibility index (Phi) is 4.21. The van der Waals surface area contributed by atoms with Gasteiger partial charge in [0.25, 0.3) is 0 Å². The molecule has 3 atom stereocenters. The van der Waals surface area contributed by atoms with Gasteiger partial charge in [-0.15, -0.1) is 0 Å². The van der Waals surface area contributed by atoms with Crippen molar-refractivity contribution in [3.63, 3.8) is 0 Å². The van der Waals surface area contributed by atoms with E-state index in [1.54, 1.807) is 0 Å². The summed E-state index contributed by atoms with van der Waals surface area (Å²) in [6.45, 7) is 9.70. The number of fused-ring (bicyclic) bond motifs is 1. The number of methoxy groups -OCH3 is 1. The number of piperidine rings is 1. The third-order valence-corrected chi connectivity index (χ3v) is 7.31. The van der Waals surface area contributed by atoms with Crippen LogP contribution in [-0.4, -0.2) is 79.1 Å². The number of hydrogen-bond acceptors (Lipinski definition) is 4. The molecule has 1 spiro atoms. The number of rotatable bonds is 4. The molecule has 6 nitrogen and oxygen atoms in total. The zero-order valence-corrected chi connectivity index (χ0v) is 15.7. The van der Waals surface area contributed by atoms with Gasteiger partial charge in [0.15, 0.2) is 0 Å². The molecule has 0 N–H and O–H groups in total. The average molecular weight is 349 g/mol. The highest BCUT2D eigenvalue weighted by molar-refractivity contribution is 5.82. The lowest BCUT2D eigenvalue weighted by Crippen LogP contribution is -2.52. The van der Waals surface area contributed by atoms with Crippen LogP contribution in [0, 0.1) is 23.2 Å². The van der Waals surface area contributed by atoms with Crippen molar-refractivity contribution in [2.24, 2.45) is 23.2 Å². The largest absolute Gasteiger partial charge is 0.453 e. The maximum Gasteiger partial charge on any atom is 0.409 e. The van der Waals surface area contributed by atoms with Crippen LogP contribution in [0.15, 0.2) is 0 Å². The second-order valence-corrected chi connectivity index (χ2v) is 8.52. The standard InChI is InChI=1S/C19H31N3O3/c1-4-20(5-2)17(23)16-14-10-22(11-15(14)16)13-8-19(9-13)6-7-21(12-19)18(24)25-3/h13-16H,4-12H2,1-3H3/t13?,14-,15+,16-,19?. The van der Waals surface area contributed by atoms with Crippen molar-refractivity contribution in [2.45, 2.75) is 39.2 Å². The summed E-state index contributed by atoms with van der Waals surface area (Å²) in [7, 11) is 1.46. The Morgan fingerprint density at radius 3 is 2.36 bits per heavy atom. The Balaban J connectivity index is 1.25. The van der Waals surface area contributed by atoms with Gasteiger partial charge >= 0.3 is 6.09 Å². The molecule has 0 bridgehead atoms. The molecule has 25 heavy (non-hydrogen) atoms. The molecule has 0 radical (unpaired) electrons. The number of carbonyl (C=O) groups excluding carboxylic acids is 2. The Morgan fingerprint density at radius 1 is 1.16 bits per heavy atom. The second kappa shape index (κ2) is 6.15. The fourth-order valence-corrected chi connectivity index (χ4v) is 5.72. The zero-order valence-electron chi connectivity index (χ0n) is 15.7. The van der Waals surface area contributed by atoms with Crippen LogP contribution in [0.2, 0.25) is 0 Å². The normalized spacial score (nSPS) is 39.2. The summed E-state index contributed by atoms with van der Waals surface area (Å²) in [6, 6.07) is 0.662. The molecule has 4 rings (SSSR count). The minimum Gasteiger partial charge on any atom is -0.453 e. The summed E-state index contributed by atoms with van der Waals surface area (Å²) in [5, 5.41) is 0. The maximum absolute atomic E-state index is 12.5. The Labute approximate surface area is 150 Å². The number of likely N-dealkylation sites (tertiary alicyclic amines) is 2. The highest BCUT2D eigenvalue weighted by atomic mass is 16.5. The summed E-state index contributed by atoms with van der Waals surface area (Å²) in [6.07, 6.45) is 3.34. The van der Waals surface area contributed by atoms with E-state index in [0.717, 1.165) is 45.7 Å². The van der Waals surface area contributed by atoms with Gasteiger partial charge in [0.2, 0.25) is 5.91 Å². The van der Waals surface area contributed by atoms with E-state index in [1.165, 1.54) is 20.0 Å². The average Bonchev–Trinajstić information content (AvgIpc) is 2.94. The molecule has 0 aromatic rings. The molecule has 2 heterocycles. The van der Waals surface area contributed by atoms with Gasteiger partial charge in [-0.1, -0.05) is 0 Å². The van der Waals surface area contributed by atoms with E-state index in [2.05, 4.69) is 18.7 Å². The first-order chi connectivity index (χ1) is 12.0. The van der Waals surface area contributed by atoms with Crippen LogP contribution in [0.1, 0.15) is 33.1 Å². The van der Waals surface area contributed by atoms with E-state index < -0.39 is 0 Å². The molecule has 2 amide bonds. The van der Waals surface area contributed by atoms with Crippen molar-refractivity contribution in [2.75, 3.05) is 46.4 Å². The third kappa shape index (κ3) is 2.73. The van der Waals surface area contributed by atoms with Gasteiger partial charge in [-0.3, -0.25) is 9.69 Å². The number of ether oxygens (including phenoxy) is 1. The molecule has 0 unspecified atom stereocenters. The van der Waals surface area contributed by atoms with Crippen LogP contribution >= 0.6 is 0 Å². The van der Waals surface area contributed by atoms with Gasteiger partial charge in [0, 0.05) is 51.2 Å². The van der Waals surface area contributed by atoms with E-state index in [0.29, 0.717) is 35.1 Å². The van der Waals surface area contributed by atoms with Crippen molar-refractivity contribution >= 4 is 12.0 Å². The van der Waals surface area contributed by atoms with Crippen molar-refractivity contribution in [3.05, 3.63) is 0 Å². The second-order valence-electron chi connectivity index (χ2n) is 8.52. The number of nitrogens with zero attached hydrogens (tertiary/aromatic N) is 3. The molecule has 4 aliphatic rings. The molecule has 6 heteroatoms. The number of hydrogen-bond donors (Lipinski definition) is 0. The third-order valence-electron chi connectivity index (χ3n) is 7.31. The quantitative estimate of drug-likeness (QED) is 0.774. The highest BCUT2D eigenvalue weighted by Crippen LogP contribution is 2.57. The summed E-state index contributed by atoms with van der Waals surface area (Å²) >= 11 is 0. The SMILES string of the molecule is CCN(CC)C(=O)[C@@H]1[C@@H]2CN(C3CC4(CCN(C(=O)OC)C4)C3)C[C@@H]21. The predicted molar refractivity (Wildman–Crippen MR) is 94.0 cm³/mol. The van der Waals surface area contributed by atoms with Crippen molar-refractivity contribution in [1.82, 2.24) is 14.7 Å². The van der Waals surface area contributed by atoms with E-state index in [1.807, 2.05) is 9.80 Å². The smallest absolute Gasteiger partial charge is 0.409 e. The fraction of sp³-hybridized carbons (Fsp3) is 0.895. The molecule has 0 aromatic carbocycles. The van der Waals surface area contributed by atoms with E-state index in [9.17, 15) is 9.59 Å². The lowest BCUT2D eigenvalue weighted by molar-refractivity contribution is -0.133. The van der Waals surface area contributed by atoms with Crippen molar-refractivity contribution < 1.29 is 14.3 Å². The van der Waals surface area contributed by atoms with Gasteiger partial charge in [-0.05, 0) is 50.4 Å². The van der Waals surface area contributed by atoms with Gasteiger partial charge in [-0.25, -0.2) is 4.79 Å². The van der Waals surface area contributed by atoms with E-state index >= 15 is 0 Å². The zero-order chi connectivity index (χ0) is 17.8. The Morgan fingerprint density at radius 2 is 1.80 bits per heavy atom. The van der Waals surface area contributed by atoms with Crippen LogP contribution in [0.25, 0.3) is 0 Å². The fourth-order valence-electron chi connectivity index (χ4n) is 5.72. The first kappa shape index (κ1) is 17.1. The Hall–Kier alpha value is -1.30. The molecule has 2 saturated carbocycles. The van der Waals surface area contributed by atoms with Crippen LogP contribution in [0.4, 0.5) is 4.79 Å².